The summed E-state index contributed by atoms with van der Waals surface area (Å²) in [5.74, 6) is -0.0562. The molecule has 0 spiro atoms. The maximum atomic E-state index is 12.1. The van der Waals surface area contributed by atoms with Crippen molar-refractivity contribution >= 4 is 24.7 Å². The second kappa shape index (κ2) is 25.7. The molecule has 0 aliphatic carbocycles. The molecule has 0 aliphatic rings. The van der Waals surface area contributed by atoms with Crippen molar-refractivity contribution in [2.24, 2.45) is 0 Å². The molecule has 0 bridgehead atoms. The molecule has 1 unspecified atom stereocenters. The van der Waals surface area contributed by atoms with E-state index in [2.05, 4.69) is 101 Å². The molecule has 0 fully saturated rings. The van der Waals surface area contributed by atoms with E-state index in [1.807, 2.05) is 6.08 Å². The van der Waals surface area contributed by atoms with Gasteiger partial charge in [0.05, 0.1) is 0 Å². The average Bonchev–Trinajstić information content (AvgIpc) is 3.09. The van der Waals surface area contributed by atoms with Crippen molar-refractivity contribution in [2.45, 2.75) is 181 Å². The van der Waals surface area contributed by atoms with Crippen molar-refractivity contribution in [3.05, 3.63) is 72.8 Å². The van der Waals surface area contributed by atoms with Gasteiger partial charge in [0.25, 0.3) is 8.32 Å². The number of allylic oxidation sites excluding steroid dienone is 1. The SMILES string of the molecule is CCCCCCC=CCOC(=O)CCCCCCCCC(CCCCCCCCC)O[Si](c1ccccc1)(c1ccccc1)C(C)(C)C. The van der Waals surface area contributed by atoms with Crippen LogP contribution in [0.4, 0.5) is 0 Å². The molecule has 3 nitrogen and oxygen atoms in total. The Balaban J connectivity index is 1.89. The van der Waals surface area contributed by atoms with Crippen molar-refractivity contribution in [1.29, 1.82) is 0 Å². The van der Waals surface area contributed by atoms with E-state index in [1.54, 1.807) is 0 Å². The van der Waals surface area contributed by atoms with Crippen LogP contribution in [0.3, 0.4) is 0 Å². The number of benzene rings is 2. The summed E-state index contributed by atoms with van der Waals surface area (Å²) in [4.78, 5) is 12.1. The molecule has 0 aromatic heterocycles. The molecule has 0 aliphatic heterocycles. The van der Waals surface area contributed by atoms with Crippen molar-refractivity contribution in [3.63, 3.8) is 0 Å². The van der Waals surface area contributed by atoms with Gasteiger partial charge < -0.3 is 9.16 Å². The van der Waals surface area contributed by atoms with Gasteiger partial charge in [-0.1, -0.05) is 204 Å². The second-order valence-electron chi connectivity index (χ2n) is 15.0. The van der Waals surface area contributed by atoms with Gasteiger partial charge in [-0.05, 0) is 47.5 Å². The predicted molar refractivity (Wildman–Crippen MR) is 211 cm³/mol. The lowest BCUT2D eigenvalue weighted by molar-refractivity contribution is -0.142. The van der Waals surface area contributed by atoms with Crippen LogP contribution in [0.5, 0.6) is 0 Å². The summed E-state index contributed by atoms with van der Waals surface area (Å²) in [5.41, 5.74) is 0. The Morgan fingerprint density at radius 3 is 1.58 bits per heavy atom. The van der Waals surface area contributed by atoms with Crippen LogP contribution < -0.4 is 10.4 Å². The third kappa shape index (κ3) is 16.5. The highest BCUT2D eigenvalue weighted by atomic mass is 28.4. The summed E-state index contributed by atoms with van der Waals surface area (Å²) in [6.45, 7) is 12.1. The Kier molecular flexibility index (Phi) is 22.5. The lowest BCUT2D eigenvalue weighted by atomic mass is 10.0. The largest absolute Gasteiger partial charge is 0.461 e. The summed E-state index contributed by atoms with van der Waals surface area (Å²) in [6.07, 6.45) is 29.6. The minimum absolute atomic E-state index is 0.000207. The molecule has 2 aromatic rings. The number of rotatable bonds is 28. The van der Waals surface area contributed by atoms with E-state index < -0.39 is 8.32 Å². The molecular weight excluding hydrogens is 605 g/mol. The Hall–Kier alpha value is -2.17. The van der Waals surface area contributed by atoms with Crippen LogP contribution in [0.2, 0.25) is 5.04 Å². The average molecular weight is 677 g/mol. The first-order chi connectivity index (χ1) is 23.3. The van der Waals surface area contributed by atoms with Gasteiger partial charge in [0.15, 0.2) is 0 Å². The molecule has 4 heteroatoms. The van der Waals surface area contributed by atoms with Crippen LogP contribution in [0, 0.1) is 0 Å². The van der Waals surface area contributed by atoms with Crippen LogP contribution in [0.25, 0.3) is 0 Å². The number of hydrogen-bond acceptors (Lipinski definition) is 3. The van der Waals surface area contributed by atoms with Gasteiger partial charge >= 0.3 is 5.97 Å². The van der Waals surface area contributed by atoms with E-state index in [4.69, 9.17) is 9.16 Å². The summed E-state index contributed by atoms with van der Waals surface area (Å²) in [7, 11) is -2.57. The van der Waals surface area contributed by atoms with Crippen molar-refractivity contribution < 1.29 is 14.0 Å². The Morgan fingerprint density at radius 1 is 0.625 bits per heavy atom. The molecule has 0 N–H and O–H groups in total. The quantitative estimate of drug-likeness (QED) is 0.0389. The zero-order chi connectivity index (χ0) is 34.8. The monoisotopic (exact) mass is 677 g/mol. The van der Waals surface area contributed by atoms with Crippen molar-refractivity contribution in [3.8, 4) is 0 Å². The van der Waals surface area contributed by atoms with E-state index in [-0.39, 0.29) is 17.1 Å². The zero-order valence-corrected chi connectivity index (χ0v) is 32.8. The molecule has 48 heavy (non-hydrogen) atoms. The topological polar surface area (TPSA) is 35.5 Å². The molecule has 0 saturated carbocycles. The van der Waals surface area contributed by atoms with Crippen LogP contribution in [-0.4, -0.2) is 27.0 Å². The van der Waals surface area contributed by atoms with E-state index in [0.29, 0.717) is 13.0 Å². The van der Waals surface area contributed by atoms with Gasteiger partial charge in [0.2, 0.25) is 0 Å². The van der Waals surface area contributed by atoms with E-state index in [9.17, 15) is 4.79 Å². The smallest absolute Gasteiger partial charge is 0.306 e. The van der Waals surface area contributed by atoms with Gasteiger partial charge in [-0.2, -0.15) is 0 Å². The zero-order valence-electron chi connectivity index (χ0n) is 31.8. The predicted octanol–water partition coefficient (Wildman–Crippen LogP) is 12.3. The second-order valence-corrected chi connectivity index (χ2v) is 19.2. The van der Waals surface area contributed by atoms with Crippen molar-refractivity contribution in [2.75, 3.05) is 6.61 Å². The van der Waals surface area contributed by atoms with Gasteiger partial charge in [0, 0.05) is 12.5 Å². The Labute approximate surface area is 297 Å². The first kappa shape index (κ1) is 42.0. The van der Waals surface area contributed by atoms with Crippen LogP contribution in [0.15, 0.2) is 72.8 Å². The number of unbranched alkanes of at least 4 members (excludes halogenated alkanes) is 15. The lowest BCUT2D eigenvalue weighted by Gasteiger charge is -2.45. The van der Waals surface area contributed by atoms with E-state index in [0.717, 1.165) is 32.1 Å². The van der Waals surface area contributed by atoms with Crippen molar-refractivity contribution in [1.82, 2.24) is 0 Å². The Bertz CT molecular complexity index is 1040. The minimum atomic E-state index is -2.57. The fraction of sp³-hybridized carbons (Fsp3) is 0.659. The standard InChI is InChI=1S/C44H72O3Si/c1-6-8-10-12-14-18-24-32-40(33-25-19-15-16-20-30-38-43(45)46-39-31-21-17-13-11-9-7-2)47-48(44(3,4)5,41-34-26-22-27-35-41)42-36-28-23-29-37-42/h21-23,26-29,31,34-37,40H,6-20,24-25,30,32-33,38-39H2,1-5H3. The van der Waals surface area contributed by atoms with E-state index >= 15 is 0 Å². The molecule has 0 amide bonds. The fourth-order valence-corrected chi connectivity index (χ4v) is 11.7. The maximum Gasteiger partial charge on any atom is 0.306 e. The summed E-state index contributed by atoms with van der Waals surface area (Å²) in [6, 6.07) is 22.3. The summed E-state index contributed by atoms with van der Waals surface area (Å²) < 4.78 is 13.0. The lowest BCUT2D eigenvalue weighted by Crippen LogP contribution is -2.67. The molecule has 0 saturated heterocycles. The number of carbonyl (C=O) groups is 1. The van der Waals surface area contributed by atoms with Gasteiger partial charge in [-0.3, -0.25) is 4.79 Å². The number of esters is 1. The number of hydrogen-bond donors (Lipinski definition) is 0. The minimum Gasteiger partial charge on any atom is -0.461 e. The summed E-state index contributed by atoms with van der Waals surface area (Å²) >= 11 is 0. The fourth-order valence-electron chi connectivity index (χ4n) is 6.97. The number of carbonyl (C=O) groups excluding carboxylic acids is 1. The molecule has 270 valence electrons. The van der Waals surface area contributed by atoms with Crippen LogP contribution in [0.1, 0.15) is 169 Å². The molecular formula is C44H72O3Si. The highest BCUT2D eigenvalue weighted by Gasteiger charge is 2.51. The van der Waals surface area contributed by atoms with E-state index in [1.165, 1.54) is 107 Å². The van der Waals surface area contributed by atoms with Crippen LogP contribution in [-0.2, 0) is 14.0 Å². The third-order valence-corrected chi connectivity index (χ3v) is 14.9. The molecule has 2 rings (SSSR count). The highest BCUT2D eigenvalue weighted by molar-refractivity contribution is 6.99. The normalized spacial score (nSPS) is 12.9. The van der Waals surface area contributed by atoms with Crippen LogP contribution >= 0.6 is 0 Å². The summed E-state index contributed by atoms with van der Waals surface area (Å²) in [5, 5.41) is 2.76. The first-order valence-corrected chi connectivity index (χ1v) is 21.9. The number of ether oxygens (including phenoxy) is 1. The maximum absolute atomic E-state index is 12.1. The Morgan fingerprint density at radius 2 is 1.08 bits per heavy atom. The highest BCUT2D eigenvalue weighted by Crippen LogP contribution is 2.38. The molecule has 0 radical (unpaired) electrons. The molecule has 0 heterocycles. The van der Waals surface area contributed by atoms with Gasteiger partial charge in [0.1, 0.15) is 6.61 Å². The molecule has 1 atom stereocenters. The van der Waals surface area contributed by atoms with Gasteiger partial charge in [-0.25, -0.2) is 0 Å². The first-order valence-electron chi connectivity index (χ1n) is 19.9. The molecule has 2 aromatic carbocycles. The van der Waals surface area contributed by atoms with Gasteiger partial charge in [-0.15, -0.1) is 0 Å². The third-order valence-electron chi connectivity index (χ3n) is 9.78.